The lowest BCUT2D eigenvalue weighted by Crippen LogP contribution is -2.41. The minimum absolute atomic E-state index is 0.0575. The van der Waals surface area contributed by atoms with E-state index >= 15 is 0 Å². The lowest BCUT2D eigenvalue weighted by atomic mass is 10.4. The Morgan fingerprint density at radius 2 is 2.19 bits per heavy atom. The Morgan fingerprint density at radius 1 is 1.43 bits per heavy atom. The number of H-pyrrole nitrogens is 1. The minimum Gasteiger partial charge on any atom is -0.378 e. The van der Waals surface area contributed by atoms with Gasteiger partial charge in [-0.1, -0.05) is 11.8 Å². The predicted octanol–water partition coefficient (Wildman–Crippen LogP) is -0.323. The molecular weight excluding hydrogens is 294 g/mol. The summed E-state index contributed by atoms with van der Waals surface area (Å²) >= 11 is 1.31. The summed E-state index contributed by atoms with van der Waals surface area (Å²) in [5, 5.41) is 8.54. The van der Waals surface area contributed by atoms with Gasteiger partial charge in [0.2, 0.25) is 11.7 Å². The molecule has 3 rings (SSSR count). The average molecular weight is 309 g/mol. The van der Waals surface area contributed by atoms with Gasteiger partial charge < -0.3 is 9.64 Å². The number of amides is 1. The third-order valence-electron chi connectivity index (χ3n) is 3.25. The Balaban J connectivity index is 1.73. The van der Waals surface area contributed by atoms with Crippen molar-refractivity contribution in [2.75, 3.05) is 32.1 Å². The van der Waals surface area contributed by atoms with E-state index in [0.29, 0.717) is 43.0 Å². The van der Waals surface area contributed by atoms with Gasteiger partial charge in [0.25, 0.3) is 5.56 Å². The first-order valence-electron chi connectivity index (χ1n) is 6.58. The van der Waals surface area contributed by atoms with E-state index in [0.717, 1.165) is 5.69 Å². The van der Waals surface area contributed by atoms with E-state index in [9.17, 15) is 9.59 Å². The van der Waals surface area contributed by atoms with E-state index < -0.39 is 0 Å². The lowest BCUT2D eigenvalue weighted by molar-refractivity contribution is -0.132. The smallest absolute Gasteiger partial charge is 0.252 e. The van der Waals surface area contributed by atoms with Crippen molar-refractivity contribution in [3.05, 3.63) is 22.1 Å². The Labute approximate surface area is 124 Å². The number of rotatable bonds is 3. The van der Waals surface area contributed by atoms with Gasteiger partial charge in [-0.2, -0.15) is 0 Å². The molecule has 0 radical (unpaired) electrons. The molecular formula is C12H15N5O3S. The van der Waals surface area contributed by atoms with Crippen LogP contribution in [0.3, 0.4) is 0 Å². The molecule has 0 atom stereocenters. The number of aromatic amines is 1. The topological polar surface area (TPSA) is 92.6 Å². The van der Waals surface area contributed by atoms with Crippen LogP contribution in [0.1, 0.15) is 5.69 Å². The van der Waals surface area contributed by atoms with Crippen LogP contribution in [0.5, 0.6) is 0 Å². The average Bonchev–Trinajstić information content (AvgIpc) is 2.89. The van der Waals surface area contributed by atoms with Crippen LogP contribution in [0.15, 0.2) is 16.0 Å². The largest absolute Gasteiger partial charge is 0.378 e. The fourth-order valence-corrected chi connectivity index (χ4v) is 3.09. The van der Waals surface area contributed by atoms with Crippen molar-refractivity contribution < 1.29 is 9.53 Å². The number of carbonyl (C=O) groups excluding carboxylic acids is 1. The Hall–Kier alpha value is -1.87. The SMILES string of the molecule is Cc1cc(=O)[nH]c2nnc(SCC(=O)N3CCOCC3)n12. The number of morpholine rings is 1. The molecule has 0 aliphatic carbocycles. The molecule has 1 amide bonds. The van der Waals surface area contributed by atoms with Crippen LogP contribution in [0, 0.1) is 6.92 Å². The summed E-state index contributed by atoms with van der Waals surface area (Å²) in [7, 11) is 0. The second kappa shape index (κ2) is 5.86. The molecule has 1 aliphatic heterocycles. The normalized spacial score (nSPS) is 15.6. The fraction of sp³-hybridized carbons (Fsp3) is 0.500. The summed E-state index contributed by atoms with van der Waals surface area (Å²) < 4.78 is 6.96. The van der Waals surface area contributed by atoms with Crippen molar-refractivity contribution >= 4 is 23.4 Å². The van der Waals surface area contributed by atoms with Crippen molar-refractivity contribution in [2.24, 2.45) is 0 Å². The molecule has 21 heavy (non-hydrogen) atoms. The van der Waals surface area contributed by atoms with Crippen molar-refractivity contribution in [3.63, 3.8) is 0 Å². The fourth-order valence-electron chi connectivity index (χ4n) is 2.19. The highest BCUT2D eigenvalue weighted by molar-refractivity contribution is 7.99. The van der Waals surface area contributed by atoms with Crippen LogP contribution in [-0.2, 0) is 9.53 Å². The third-order valence-corrected chi connectivity index (χ3v) is 4.16. The van der Waals surface area contributed by atoms with Crippen LogP contribution in [-0.4, -0.2) is 62.4 Å². The number of hydrogen-bond donors (Lipinski definition) is 1. The molecule has 1 fully saturated rings. The monoisotopic (exact) mass is 309 g/mol. The molecule has 8 nitrogen and oxygen atoms in total. The van der Waals surface area contributed by atoms with Gasteiger partial charge in [0.15, 0.2) is 5.16 Å². The Morgan fingerprint density at radius 3 is 2.95 bits per heavy atom. The first-order valence-corrected chi connectivity index (χ1v) is 7.57. The summed E-state index contributed by atoms with van der Waals surface area (Å²) in [6, 6.07) is 1.48. The number of nitrogens with one attached hydrogen (secondary N) is 1. The van der Waals surface area contributed by atoms with E-state index in [1.54, 1.807) is 16.2 Å². The standard InChI is InChI=1S/C12H15N5O3S/c1-8-6-9(18)13-11-14-15-12(17(8)11)21-7-10(19)16-2-4-20-5-3-16/h6H,2-5,7H2,1H3,(H,13,14,18). The summed E-state index contributed by atoms with van der Waals surface area (Å²) in [5.74, 6) is 0.739. The molecule has 1 N–H and O–H groups in total. The molecule has 2 aromatic heterocycles. The van der Waals surface area contributed by atoms with Crippen molar-refractivity contribution in [2.45, 2.75) is 12.1 Å². The Kier molecular flexibility index (Phi) is 3.93. The highest BCUT2D eigenvalue weighted by Crippen LogP contribution is 2.17. The number of ether oxygens (including phenoxy) is 1. The molecule has 3 heterocycles. The third kappa shape index (κ3) is 2.93. The highest BCUT2D eigenvalue weighted by atomic mass is 32.2. The van der Waals surface area contributed by atoms with Crippen LogP contribution >= 0.6 is 11.8 Å². The zero-order chi connectivity index (χ0) is 14.8. The predicted molar refractivity (Wildman–Crippen MR) is 76.5 cm³/mol. The van der Waals surface area contributed by atoms with Crippen molar-refractivity contribution in [1.82, 2.24) is 24.5 Å². The van der Waals surface area contributed by atoms with Gasteiger partial charge in [-0.05, 0) is 6.92 Å². The summed E-state index contributed by atoms with van der Waals surface area (Å²) in [6.07, 6.45) is 0. The first kappa shape index (κ1) is 14.1. The highest BCUT2D eigenvalue weighted by Gasteiger charge is 2.18. The minimum atomic E-state index is -0.214. The number of thioether (sulfide) groups is 1. The number of hydrogen-bond acceptors (Lipinski definition) is 6. The second-order valence-electron chi connectivity index (χ2n) is 4.70. The Bertz CT molecular complexity index is 719. The quantitative estimate of drug-likeness (QED) is 0.781. The molecule has 0 spiro atoms. The van der Waals surface area contributed by atoms with Gasteiger partial charge in [-0.15, -0.1) is 10.2 Å². The van der Waals surface area contributed by atoms with Gasteiger partial charge in [-0.3, -0.25) is 19.0 Å². The summed E-state index contributed by atoms with van der Waals surface area (Å²) in [5.41, 5.74) is 0.522. The van der Waals surface area contributed by atoms with E-state index in [1.165, 1.54) is 17.8 Å². The summed E-state index contributed by atoms with van der Waals surface area (Å²) in [4.78, 5) is 27.9. The zero-order valence-corrected chi connectivity index (χ0v) is 12.4. The molecule has 1 saturated heterocycles. The van der Waals surface area contributed by atoms with E-state index in [4.69, 9.17) is 4.74 Å². The van der Waals surface area contributed by atoms with Crippen LogP contribution < -0.4 is 5.56 Å². The molecule has 112 valence electrons. The van der Waals surface area contributed by atoms with Gasteiger partial charge in [0, 0.05) is 24.8 Å². The first-order chi connectivity index (χ1) is 10.1. The maximum absolute atomic E-state index is 12.1. The molecule has 0 saturated carbocycles. The van der Waals surface area contributed by atoms with Crippen LogP contribution in [0.2, 0.25) is 0 Å². The molecule has 0 unspecified atom stereocenters. The van der Waals surface area contributed by atoms with Crippen LogP contribution in [0.4, 0.5) is 0 Å². The van der Waals surface area contributed by atoms with Crippen molar-refractivity contribution in [1.29, 1.82) is 0 Å². The lowest BCUT2D eigenvalue weighted by Gasteiger charge is -2.26. The molecule has 0 bridgehead atoms. The zero-order valence-electron chi connectivity index (χ0n) is 11.5. The number of fused-ring (bicyclic) bond motifs is 1. The summed E-state index contributed by atoms with van der Waals surface area (Å²) in [6.45, 7) is 4.24. The molecule has 1 aliphatic rings. The number of aromatic nitrogens is 4. The molecule has 2 aromatic rings. The van der Waals surface area contributed by atoms with Gasteiger partial charge >= 0.3 is 0 Å². The van der Waals surface area contributed by atoms with E-state index in [2.05, 4.69) is 15.2 Å². The second-order valence-corrected chi connectivity index (χ2v) is 5.64. The number of aryl methyl sites for hydroxylation is 1. The van der Waals surface area contributed by atoms with Crippen LogP contribution in [0.25, 0.3) is 5.78 Å². The van der Waals surface area contributed by atoms with Crippen molar-refractivity contribution in [3.8, 4) is 0 Å². The molecule has 9 heteroatoms. The van der Waals surface area contributed by atoms with Gasteiger partial charge in [0.1, 0.15) is 0 Å². The number of nitrogens with zero attached hydrogens (tertiary/aromatic N) is 4. The molecule has 0 aromatic carbocycles. The maximum Gasteiger partial charge on any atom is 0.252 e. The van der Waals surface area contributed by atoms with E-state index in [-0.39, 0.29) is 11.5 Å². The van der Waals surface area contributed by atoms with Gasteiger partial charge in [0.05, 0.1) is 19.0 Å². The number of carbonyl (C=O) groups is 1. The maximum atomic E-state index is 12.1. The van der Waals surface area contributed by atoms with Gasteiger partial charge in [-0.25, -0.2) is 0 Å². The van der Waals surface area contributed by atoms with E-state index in [1.807, 2.05) is 0 Å².